The third-order valence-electron chi connectivity index (χ3n) is 4.10. The first kappa shape index (κ1) is 19.9. The SMILES string of the molecule is CC(=O)N(CCC(=O)NCc1ccccc1Cl)CCc1ccccc1F. The van der Waals surface area contributed by atoms with E-state index in [4.69, 9.17) is 11.6 Å². The van der Waals surface area contributed by atoms with Gasteiger partial charge in [0.05, 0.1) is 0 Å². The largest absolute Gasteiger partial charge is 0.352 e. The molecule has 0 aliphatic heterocycles. The Morgan fingerprint density at radius 2 is 1.69 bits per heavy atom. The first-order chi connectivity index (χ1) is 12.5. The van der Waals surface area contributed by atoms with Crippen LogP contribution in [0.3, 0.4) is 0 Å². The van der Waals surface area contributed by atoms with Gasteiger partial charge in [-0.1, -0.05) is 48.0 Å². The Kier molecular flexibility index (Phi) is 7.60. The summed E-state index contributed by atoms with van der Waals surface area (Å²) in [7, 11) is 0. The maximum atomic E-state index is 13.7. The van der Waals surface area contributed by atoms with Crippen LogP contribution < -0.4 is 5.32 Å². The first-order valence-corrected chi connectivity index (χ1v) is 8.84. The van der Waals surface area contributed by atoms with E-state index in [9.17, 15) is 14.0 Å². The topological polar surface area (TPSA) is 49.4 Å². The van der Waals surface area contributed by atoms with Gasteiger partial charge in [0, 0.05) is 38.0 Å². The summed E-state index contributed by atoms with van der Waals surface area (Å²) in [5, 5.41) is 3.40. The molecule has 0 saturated carbocycles. The highest BCUT2D eigenvalue weighted by Gasteiger charge is 2.12. The molecule has 26 heavy (non-hydrogen) atoms. The van der Waals surface area contributed by atoms with Crippen LogP contribution in [0.2, 0.25) is 5.02 Å². The van der Waals surface area contributed by atoms with Gasteiger partial charge in [-0.3, -0.25) is 9.59 Å². The Morgan fingerprint density at radius 3 is 2.35 bits per heavy atom. The van der Waals surface area contributed by atoms with Crippen molar-refractivity contribution in [2.75, 3.05) is 13.1 Å². The van der Waals surface area contributed by atoms with E-state index in [0.29, 0.717) is 30.1 Å². The van der Waals surface area contributed by atoms with Crippen molar-refractivity contribution < 1.29 is 14.0 Å². The second-order valence-electron chi connectivity index (χ2n) is 5.97. The smallest absolute Gasteiger partial charge is 0.222 e. The van der Waals surface area contributed by atoms with Crippen LogP contribution in [0, 0.1) is 5.82 Å². The number of nitrogens with one attached hydrogen (secondary N) is 1. The molecule has 4 nitrogen and oxygen atoms in total. The standard InChI is InChI=1S/C20H22ClFN2O2/c1-15(25)24(12-10-16-6-3-5-9-19(16)22)13-11-20(26)23-14-17-7-2-4-8-18(17)21/h2-9H,10-14H2,1H3,(H,23,26). The fourth-order valence-electron chi connectivity index (χ4n) is 2.54. The zero-order chi connectivity index (χ0) is 18.9. The molecule has 0 radical (unpaired) electrons. The Labute approximate surface area is 158 Å². The highest BCUT2D eigenvalue weighted by Crippen LogP contribution is 2.14. The first-order valence-electron chi connectivity index (χ1n) is 8.46. The van der Waals surface area contributed by atoms with Crippen molar-refractivity contribution in [3.63, 3.8) is 0 Å². The number of nitrogens with zero attached hydrogens (tertiary/aromatic N) is 1. The third-order valence-corrected chi connectivity index (χ3v) is 4.47. The van der Waals surface area contributed by atoms with Gasteiger partial charge in [-0.15, -0.1) is 0 Å². The number of rotatable bonds is 8. The van der Waals surface area contributed by atoms with Crippen LogP contribution in [0.15, 0.2) is 48.5 Å². The molecule has 0 fully saturated rings. The van der Waals surface area contributed by atoms with E-state index >= 15 is 0 Å². The summed E-state index contributed by atoms with van der Waals surface area (Å²) >= 11 is 6.05. The van der Waals surface area contributed by atoms with Gasteiger partial charge in [0.15, 0.2) is 0 Å². The van der Waals surface area contributed by atoms with Crippen LogP contribution in [-0.4, -0.2) is 29.8 Å². The Morgan fingerprint density at radius 1 is 1.04 bits per heavy atom. The highest BCUT2D eigenvalue weighted by atomic mass is 35.5. The summed E-state index contributed by atoms with van der Waals surface area (Å²) in [5.74, 6) is -0.587. The number of carbonyl (C=O) groups is 2. The van der Waals surface area contributed by atoms with Crippen LogP contribution in [0.5, 0.6) is 0 Å². The van der Waals surface area contributed by atoms with Crippen LogP contribution >= 0.6 is 11.6 Å². The van der Waals surface area contributed by atoms with Crippen LogP contribution in [0.25, 0.3) is 0 Å². The van der Waals surface area contributed by atoms with Crippen molar-refractivity contribution >= 4 is 23.4 Å². The minimum Gasteiger partial charge on any atom is -0.352 e. The zero-order valence-electron chi connectivity index (χ0n) is 14.7. The van der Waals surface area contributed by atoms with Gasteiger partial charge in [-0.25, -0.2) is 4.39 Å². The number of halogens is 2. The van der Waals surface area contributed by atoms with Crippen molar-refractivity contribution in [1.29, 1.82) is 0 Å². The Balaban J connectivity index is 1.80. The minimum absolute atomic E-state index is 0.139. The average Bonchev–Trinajstić information content (AvgIpc) is 2.62. The normalized spacial score (nSPS) is 10.4. The molecule has 0 aliphatic rings. The van der Waals surface area contributed by atoms with E-state index < -0.39 is 0 Å². The second-order valence-corrected chi connectivity index (χ2v) is 6.37. The molecule has 0 saturated heterocycles. The van der Waals surface area contributed by atoms with E-state index in [1.165, 1.54) is 13.0 Å². The van der Waals surface area contributed by atoms with Gasteiger partial charge >= 0.3 is 0 Å². The molecule has 0 unspecified atom stereocenters. The molecule has 0 heterocycles. The summed E-state index contributed by atoms with van der Waals surface area (Å²) in [6.45, 7) is 2.45. The lowest BCUT2D eigenvalue weighted by molar-refractivity contribution is -0.129. The number of amides is 2. The fraction of sp³-hybridized carbons (Fsp3) is 0.300. The van der Waals surface area contributed by atoms with E-state index in [1.807, 2.05) is 18.2 Å². The van der Waals surface area contributed by atoms with E-state index in [-0.39, 0.29) is 30.6 Å². The number of carbonyl (C=O) groups excluding carboxylic acids is 2. The number of hydrogen-bond donors (Lipinski definition) is 1. The van der Waals surface area contributed by atoms with Crippen molar-refractivity contribution in [2.24, 2.45) is 0 Å². The molecule has 2 aromatic carbocycles. The summed E-state index contributed by atoms with van der Waals surface area (Å²) in [6.07, 6.45) is 0.592. The van der Waals surface area contributed by atoms with Crippen molar-refractivity contribution in [1.82, 2.24) is 10.2 Å². The summed E-state index contributed by atoms with van der Waals surface area (Å²) in [6, 6.07) is 13.8. The molecule has 2 aromatic rings. The molecule has 0 aromatic heterocycles. The molecule has 0 aliphatic carbocycles. The summed E-state index contributed by atoms with van der Waals surface area (Å²) in [4.78, 5) is 25.4. The van der Waals surface area contributed by atoms with Gasteiger partial charge in [0.1, 0.15) is 5.82 Å². The molecule has 138 valence electrons. The van der Waals surface area contributed by atoms with E-state index in [0.717, 1.165) is 5.56 Å². The molecule has 1 N–H and O–H groups in total. The van der Waals surface area contributed by atoms with Gasteiger partial charge in [-0.2, -0.15) is 0 Å². The molecule has 2 rings (SSSR count). The van der Waals surface area contributed by atoms with Crippen molar-refractivity contribution in [3.8, 4) is 0 Å². The fourth-order valence-corrected chi connectivity index (χ4v) is 2.75. The van der Waals surface area contributed by atoms with Gasteiger partial charge in [0.2, 0.25) is 11.8 Å². The predicted molar refractivity (Wildman–Crippen MR) is 100 cm³/mol. The van der Waals surface area contributed by atoms with E-state index in [2.05, 4.69) is 5.32 Å². The lowest BCUT2D eigenvalue weighted by Crippen LogP contribution is -2.35. The Bertz CT molecular complexity index is 767. The minimum atomic E-state index is -0.284. The maximum Gasteiger partial charge on any atom is 0.222 e. The zero-order valence-corrected chi connectivity index (χ0v) is 15.4. The second kappa shape index (κ2) is 9.92. The molecule has 0 atom stereocenters. The molecule has 6 heteroatoms. The molecular weight excluding hydrogens is 355 g/mol. The van der Waals surface area contributed by atoms with E-state index in [1.54, 1.807) is 29.2 Å². The predicted octanol–water partition coefficient (Wildman–Crippen LogP) is 3.58. The molecule has 2 amide bonds. The lowest BCUT2D eigenvalue weighted by Gasteiger charge is -2.21. The Hall–Kier alpha value is -2.40. The third kappa shape index (κ3) is 6.15. The summed E-state index contributed by atoms with van der Waals surface area (Å²) < 4.78 is 13.7. The monoisotopic (exact) mass is 376 g/mol. The van der Waals surface area contributed by atoms with Crippen LogP contribution in [-0.2, 0) is 22.6 Å². The lowest BCUT2D eigenvalue weighted by atomic mass is 10.1. The number of benzene rings is 2. The van der Waals surface area contributed by atoms with Gasteiger partial charge < -0.3 is 10.2 Å². The van der Waals surface area contributed by atoms with Crippen molar-refractivity contribution in [3.05, 3.63) is 70.5 Å². The molecule has 0 bridgehead atoms. The number of hydrogen-bond acceptors (Lipinski definition) is 2. The molecule has 0 spiro atoms. The summed E-state index contributed by atoms with van der Waals surface area (Å²) in [5.41, 5.74) is 1.40. The van der Waals surface area contributed by atoms with Gasteiger partial charge in [-0.05, 0) is 29.7 Å². The maximum absolute atomic E-state index is 13.7. The molecular formula is C20H22ClFN2O2. The van der Waals surface area contributed by atoms with Crippen molar-refractivity contribution in [2.45, 2.75) is 26.3 Å². The van der Waals surface area contributed by atoms with Gasteiger partial charge in [0.25, 0.3) is 0 Å². The average molecular weight is 377 g/mol. The van der Waals surface area contributed by atoms with Crippen LogP contribution in [0.4, 0.5) is 4.39 Å². The van der Waals surface area contributed by atoms with Crippen LogP contribution in [0.1, 0.15) is 24.5 Å². The highest BCUT2D eigenvalue weighted by molar-refractivity contribution is 6.31. The quantitative estimate of drug-likeness (QED) is 0.765.